The molecule has 3 aromatic rings. The zero-order valence-electron chi connectivity index (χ0n) is 12.0. The first-order chi connectivity index (χ1) is 10.2. The van der Waals surface area contributed by atoms with Gasteiger partial charge in [0.05, 0.1) is 42.3 Å². The van der Waals surface area contributed by atoms with E-state index in [2.05, 4.69) is 4.98 Å². The molecule has 0 radical (unpaired) electrons. The normalized spacial score (nSPS) is 10.6. The van der Waals surface area contributed by atoms with Crippen molar-refractivity contribution in [3.8, 4) is 33.2 Å². The average molecular weight is 301 g/mol. The molecule has 0 unspecified atom stereocenters. The van der Waals surface area contributed by atoms with E-state index in [1.165, 1.54) is 0 Å². The Hall–Kier alpha value is -2.27. The fourth-order valence-electron chi connectivity index (χ4n) is 2.20. The van der Waals surface area contributed by atoms with E-state index in [0.29, 0.717) is 11.5 Å². The lowest BCUT2D eigenvalue weighted by Gasteiger charge is -2.09. The van der Waals surface area contributed by atoms with Crippen molar-refractivity contribution in [2.45, 2.75) is 6.92 Å². The van der Waals surface area contributed by atoms with Crippen LogP contribution in [-0.2, 0) is 0 Å². The highest BCUT2D eigenvalue weighted by molar-refractivity contribution is 7.15. The molecule has 0 aliphatic heterocycles. The van der Waals surface area contributed by atoms with Gasteiger partial charge in [-0.1, -0.05) is 0 Å². The Bertz CT molecular complexity index is 747. The third-order valence-electron chi connectivity index (χ3n) is 3.17. The van der Waals surface area contributed by atoms with Gasteiger partial charge < -0.3 is 13.9 Å². The predicted molar refractivity (Wildman–Crippen MR) is 83.1 cm³/mol. The molecule has 1 aromatic carbocycles. The molecule has 0 aliphatic rings. The van der Waals surface area contributed by atoms with Crippen molar-refractivity contribution in [3.05, 3.63) is 41.8 Å². The molecule has 3 rings (SSSR count). The highest BCUT2D eigenvalue weighted by Crippen LogP contribution is 2.39. The number of ether oxygens (including phenoxy) is 2. The van der Waals surface area contributed by atoms with Gasteiger partial charge in [-0.25, -0.2) is 4.98 Å². The van der Waals surface area contributed by atoms with Crippen LogP contribution in [0.1, 0.15) is 5.01 Å². The monoisotopic (exact) mass is 301 g/mol. The summed E-state index contributed by atoms with van der Waals surface area (Å²) in [5, 5.41) is 1.01. The molecule has 0 amide bonds. The smallest absolute Gasteiger partial charge is 0.161 e. The second-order valence-corrected chi connectivity index (χ2v) is 5.70. The van der Waals surface area contributed by atoms with E-state index in [9.17, 15) is 0 Å². The van der Waals surface area contributed by atoms with Crippen LogP contribution < -0.4 is 9.47 Å². The Morgan fingerprint density at radius 1 is 1.05 bits per heavy atom. The average Bonchev–Trinajstić information content (AvgIpc) is 3.15. The maximum absolute atomic E-state index is 5.37. The zero-order valence-corrected chi connectivity index (χ0v) is 12.9. The van der Waals surface area contributed by atoms with Crippen LogP contribution in [0.4, 0.5) is 0 Å². The Morgan fingerprint density at radius 3 is 2.52 bits per heavy atom. The molecule has 0 saturated heterocycles. The van der Waals surface area contributed by atoms with E-state index in [1.54, 1.807) is 38.1 Å². The predicted octanol–water partition coefficient (Wildman–Crippen LogP) is 4.40. The molecular weight excluding hydrogens is 286 g/mol. The number of methoxy groups -OCH3 is 2. The molecule has 0 aliphatic carbocycles. The molecule has 2 aromatic heterocycles. The molecule has 0 saturated carbocycles. The highest BCUT2D eigenvalue weighted by Gasteiger charge is 2.16. The van der Waals surface area contributed by atoms with Crippen LogP contribution >= 0.6 is 11.3 Å². The molecule has 0 fully saturated rings. The molecule has 0 bridgehead atoms. The second kappa shape index (κ2) is 5.61. The van der Waals surface area contributed by atoms with Gasteiger partial charge >= 0.3 is 0 Å². The SMILES string of the molecule is COc1ccc(-c2nc(C)sc2-c2ccoc2)cc1OC. The lowest BCUT2D eigenvalue weighted by atomic mass is 10.1. The van der Waals surface area contributed by atoms with Gasteiger partial charge in [-0.15, -0.1) is 11.3 Å². The van der Waals surface area contributed by atoms with Crippen LogP contribution in [0.25, 0.3) is 21.7 Å². The van der Waals surface area contributed by atoms with Crippen molar-refractivity contribution in [1.82, 2.24) is 4.98 Å². The van der Waals surface area contributed by atoms with Crippen molar-refractivity contribution in [1.29, 1.82) is 0 Å². The summed E-state index contributed by atoms with van der Waals surface area (Å²) < 4.78 is 15.8. The van der Waals surface area contributed by atoms with Crippen molar-refractivity contribution in [2.75, 3.05) is 14.2 Å². The molecule has 0 N–H and O–H groups in total. The summed E-state index contributed by atoms with van der Waals surface area (Å²) in [6.45, 7) is 2.00. The van der Waals surface area contributed by atoms with Gasteiger partial charge in [0.25, 0.3) is 0 Å². The minimum absolute atomic E-state index is 0.693. The lowest BCUT2D eigenvalue weighted by Crippen LogP contribution is -1.91. The quantitative estimate of drug-likeness (QED) is 0.716. The molecule has 0 spiro atoms. The van der Waals surface area contributed by atoms with Gasteiger partial charge in [-0.2, -0.15) is 0 Å². The number of hydrogen-bond donors (Lipinski definition) is 0. The Balaban J connectivity index is 2.13. The Labute approximate surface area is 127 Å². The summed E-state index contributed by atoms with van der Waals surface area (Å²) in [6, 6.07) is 7.76. The maximum Gasteiger partial charge on any atom is 0.161 e. The van der Waals surface area contributed by atoms with E-state index >= 15 is 0 Å². The van der Waals surface area contributed by atoms with Gasteiger partial charge in [0, 0.05) is 11.1 Å². The first-order valence-electron chi connectivity index (χ1n) is 6.45. The van der Waals surface area contributed by atoms with E-state index in [-0.39, 0.29) is 0 Å². The summed E-state index contributed by atoms with van der Waals surface area (Å²) in [4.78, 5) is 5.74. The summed E-state index contributed by atoms with van der Waals surface area (Å²) in [7, 11) is 3.26. The number of aryl methyl sites for hydroxylation is 1. The minimum Gasteiger partial charge on any atom is -0.493 e. The van der Waals surface area contributed by atoms with Crippen molar-refractivity contribution < 1.29 is 13.9 Å². The standard InChI is InChI=1S/C16H15NO3S/c1-10-17-15(16(21-10)12-6-7-20-9-12)11-4-5-13(18-2)14(8-11)19-3/h4-9H,1-3H3. The van der Waals surface area contributed by atoms with Crippen molar-refractivity contribution in [3.63, 3.8) is 0 Å². The van der Waals surface area contributed by atoms with Crippen LogP contribution in [0.5, 0.6) is 11.5 Å². The van der Waals surface area contributed by atoms with Crippen molar-refractivity contribution in [2.24, 2.45) is 0 Å². The molecule has 21 heavy (non-hydrogen) atoms. The molecule has 0 atom stereocenters. The fourth-order valence-corrected chi connectivity index (χ4v) is 3.12. The highest BCUT2D eigenvalue weighted by atomic mass is 32.1. The fraction of sp³-hybridized carbons (Fsp3) is 0.188. The lowest BCUT2D eigenvalue weighted by molar-refractivity contribution is 0.355. The topological polar surface area (TPSA) is 44.5 Å². The summed E-state index contributed by atoms with van der Waals surface area (Å²) >= 11 is 1.65. The van der Waals surface area contributed by atoms with Gasteiger partial charge in [0.15, 0.2) is 11.5 Å². The van der Waals surface area contributed by atoms with Gasteiger partial charge in [0.2, 0.25) is 0 Å². The third-order valence-corrected chi connectivity index (χ3v) is 4.19. The van der Waals surface area contributed by atoms with Crippen LogP contribution in [0, 0.1) is 6.92 Å². The van der Waals surface area contributed by atoms with Crippen LogP contribution in [-0.4, -0.2) is 19.2 Å². The van der Waals surface area contributed by atoms with Gasteiger partial charge in [-0.3, -0.25) is 0 Å². The number of benzene rings is 1. The molecular formula is C16H15NO3S. The minimum atomic E-state index is 0.693. The second-order valence-electron chi connectivity index (χ2n) is 4.49. The maximum atomic E-state index is 5.37. The first-order valence-corrected chi connectivity index (χ1v) is 7.27. The van der Waals surface area contributed by atoms with Crippen LogP contribution in [0.15, 0.2) is 41.2 Å². The van der Waals surface area contributed by atoms with Crippen LogP contribution in [0.2, 0.25) is 0 Å². The van der Waals surface area contributed by atoms with Crippen molar-refractivity contribution >= 4 is 11.3 Å². The molecule has 108 valence electrons. The Morgan fingerprint density at radius 2 is 1.86 bits per heavy atom. The Kier molecular flexibility index (Phi) is 3.66. The number of furan rings is 1. The third kappa shape index (κ3) is 2.52. The number of thiazole rings is 1. The number of aromatic nitrogens is 1. The molecule has 2 heterocycles. The first kappa shape index (κ1) is 13.7. The summed E-state index contributed by atoms with van der Waals surface area (Å²) in [6.07, 6.45) is 3.40. The summed E-state index contributed by atoms with van der Waals surface area (Å²) in [5.74, 6) is 1.40. The molecule has 4 nitrogen and oxygen atoms in total. The van der Waals surface area contributed by atoms with Crippen LogP contribution in [0.3, 0.4) is 0 Å². The van der Waals surface area contributed by atoms with E-state index in [0.717, 1.165) is 26.7 Å². The number of rotatable bonds is 4. The van der Waals surface area contributed by atoms with Gasteiger partial charge in [0.1, 0.15) is 0 Å². The van der Waals surface area contributed by atoms with E-state index in [4.69, 9.17) is 13.9 Å². The molecule has 5 heteroatoms. The summed E-state index contributed by atoms with van der Waals surface area (Å²) in [5.41, 5.74) is 2.96. The largest absolute Gasteiger partial charge is 0.493 e. The van der Waals surface area contributed by atoms with E-state index in [1.807, 2.05) is 31.2 Å². The van der Waals surface area contributed by atoms with E-state index < -0.39 is 0 Å². The van der Waals surface area contributed by atoms with Gasteiger partial charge in [-0.05, 0) is 31.2 Å². The zero-order chi connectivity index (χ0) is 14.8. The number of hydrogen-bond acceptors (Lipinski definition) is 5. The number of nitrogens with zero attached hydrogens (tertiary/aromatic N) is 1.